The van der Waals surface area contributed by atoms with Crippen molar-refractivity contribution in [2.45, 2.75) is 18.2 Å². The number of nitrogens with one attached hydrogen (secondary N) is 2. The van der Waals surface area contributed by atoms with Gasteiger partial charge in [-0.3, -0.25) is 15.6 Å². The molecular formula is C17H15F2N3OS2. The molecule has 25 heavy (non-hydrogen) atoms. The lowest BCUT2D eigenvalue weighted by molar-refractivity contribution is -0.120. The molecule has 1 aromatic heterocycles. The molecule has 3 rings (SSSR count). The fourth-order valence-electron chi connectivity index (χ4n) is 2.09. The van der Waals surface area contributed by atoms with Gasteiger partial charge in [0.15, 0.2) is 5.82 Å². The van der Waals surface area contributed by atoms with E-state index >= 15 is 0 Å². The van der Waals surface area contributed by atoms with Gasteiger partial charge in [0.1, 0.15) is 11.3 Å². The number of aromatic nitrogens is 1. The van der Waals surface area contributed by atoms with Gasteiger partial charge < -0.3 is 0 Å². The first-order valence-electron chi connectivity index (χ1n) is 7.51. The average Bonchev–Trinajstić information content (AvgIpc) is 2.98. The summed E-state index contributed by atoms with van der Waals surface area (Å²) in [7, 11) is 0. The zero-order chi connectivity index (χ0) is 17.8. The second kappa shape index (κ2) is 7.79. The van der Waals surface area contributed by atoms with Gasteiger partial charge in [0.25, 0.3) is 0 Å². The number of hydrogen-bond acceptors (Lipinski definition) is 5. The maximum atomic E-state index is 13.6. The number of nitrogens with zero attached hydrogens (tertiary/aromatic N) is 1. The molecule has 0 unspecified atom stereocenters. The van der Waals surface area contributed by atoms with E-state index in [1.165, 1.54) is 11.6 Å². The molecule has 3 aromatic rings. The van der Waals surface area contributed by atoms with Gasteiger partial charge in [0.05, 0.1) is 4.70 Å². The Morgan fingerprint density at radius 2 is 2.00 bits per heavy atom. The van der Waals surface area contributed by atoms with Crippen LogP contribution in [0, 0.1) is 18.6 Å². The minimum Gasteiger partial charge on any atom is -0.273 e. The SMILES string of the molecule is Cc1ccc(SCCC(=O)NNc2nc3c(F)cc(F)cc3s2)cc1. The number of amides is 1. The Labute approximate surface area is 151 Å². The topological polar surface area (TPSA) is 54.0 Å². The van der Waals surface area contributed by atoms with E-state index in [1.54, 1.807) is 11.8 Å². The molecular weight excluding hydrogens is 364 g/mol. The molecule has 0 aliphatic carbocycles. The molecule has 0 spiro atoms. The lowest BCUT2D eigenvalue weighted by Gasteiger charge is -2.05. The number of fused-ring (bicyclic) bond motifs is 1. The third kappa shape index (κ3) is 4.67. The fraction of sp³-hybridized carbons (Fsp3) is 0.176. The Kier molecular flexibility index (Phi) is 5.50. The molecule has 0 saturated carbocycles. The van der Waals surface area contributed by atoms with Crippen molar-refractivity contribution in [3.05, 3.63) is 53.6 Å². The standard InChI is InChI=1S/C17H15F2N3OS2/c1-10-2-4-12(5-3-10)24-7-6-15(23)21-22-17-20-16-13(19)8-11(18)9-14(16)25-17/h2-5,8-9H,6-7H2,1H3,(H,20,22)(H,21,23). The van der Waals surface area contributed by atoms with Crippen molar-refractivity contribution in [3.63, 3.8) is 0 Å². The number of hydrazine groups is 1. The van der Waals surface area contributed by atoms with Crippen LogP contribution in [0.25, 0.3) is 10.2 Å². The maximum Gasteiger partial charge on any atom is 0.239 e. The van der Waals surface area contributed by atoms with E-state index < -0.39 is 11.6 Å². The zero-order valence-electron chi connectivity index (χ0n) is 13.3. The smallest absolute Gasteiger partial charge is 0.239 e. The highest BCUT2D eigenvalue weighted by Gasteiger charge is 2.11. The highest BCUT2D eigenvalue weighted by molar-refractivity contribution is 7.99. The molecule has 0 radical (unpaired) electrons. The van der Waals surface area contributed by atoms with Crippen LogP contribution in [-0.4, -0.2) is 16.6 Å². The number of thioether (sulfide) groups is 1. The Morgan fingerprint density at radius 3 is 2.76 bits per heavy atom. The molecule has 130 valence electrons. The minimum absolute atomic E-state index is 0.0816. The first-order valence-corrected chi connectivity index (χ1v) is 9.31. The van der Waals surface area contributed by atoms with Crippen molar-refractivity contribution in [2.75, 3.05) is 11.2 Å². The second-order valence-corrected chi connectivity index (χ2v) is 7.54. The van der Waals surface area contributed by atoms with Crippen LogP contribution >= 0.6 is 23.1 Å². The summed E-state index contributed by atoms with van der Waals surface area (Å²) in [6, 6.07) is 10.1. The summed E-state index contributed by atoms with van der Waals surface area (Å²) in [6.45, 7) is 2.02. The monoisotopic (exact) mass is 379 g/mol. The summed E-state index contributed by atoms with van der Waals surface area (Å²) < 4.78 is 27.1. The van der Waals surface area contributed by atoms with Gasteiger partial charge in [0, 0.05) is 23.1 Å². The average molecular weight is 379 g/mol. The molecule has 4 nitrogen and oxygen atoms in total. The molecule has 0 aliphatic heterocycles. The van der Waals surface area contributed by atoms with Crippen LogP contribution in [0.15, 0.2) is 41.3 Å². The lowest BCUT2D eigenvalue weighted by Crippen LogP contribution is -2.29. The molecule has 0 bridgehead atoms. The highest BCUT2D eigenvalue weighted by Crippen LogP contribution is 2.28. The van der Waals surface area contributed by atoms with E-state index in [9.17, 15) is 13.6 Å². The van der Waals surface area contributed by atoms with E-state index in [4.69, 9.17) is 0 Å². The van der Waals surface area contributed by atoms with Crippen molar-refractivity contribution in [1.82, 2.24) is 10.4 Å². The molecule has 1 heterocycles. The number of thiazole rings is 1. The summed E-state index contributed by atoms with van der Waals surface area (Å²) in [5.41, 5.74) is 6.44. The van der Waals surface area contributed by atoms with Gasteiger partial charge in [-0.1, -0.05) is 29.0 Å². The highest BCUT2D eigenvalue weighted by atomic mass is 32.2. The van der Waals surface area contributed by atoms with Crippen LogP contribution in [0.2, 0.25) is 0 Å². The van der Waals surface area contributed by atoms with Crippen LogP contribution in [0.3, 0.4) is 0 Å². The van der Waals surface area contributed by atoms with Crippen molar-refractivity contribution < 1.29 is 13.6 Å². The van der Waals surface area contributed by atoms with Gasteiger partial charge in [0.2, 0.25) is 11.0 Å². The van der Waals surface area contributed by atoms with Crippen LogP contribution in [-0.2, 0) is 4.79 Å². The molecule has 1 amide bonds. The van der Waals surface area contributed by atoms with Crippen molar-refractivity contribution in [3.8, 4) is 0 Å². The first kappa shape index (κ1) is 17.6. The molecule has 0 saturated heterocycles. The number of aryl methyl sites for hydroxylation is 1. The summed E-state index contributed by atoms with van der Waals surface area (Å²) in [5, 5.41) is 0.305. The van der Waals surface area contributed by atoms with E-state index in [0.717, 1.165) is 22.3 Å². The Balaban J connectivity index is 1.49. The third-order valence-electron chi connectivity index (χ3n) is 3.34. The lowest BCUT2D eigenvalue weighted by atomic mass is 10.2. The third-order valence-corrected chi connectivity index (χ3v) is 5.27. The number of halogens is 2. The van der Waals surface area contributed by atoms with Crippen LogP contribution in [0.4, 0.5) is 13.9 Å². The number of hydrogen-bond donors (Lipinski definition) is 2. The Hall–Kier alpha value is -2.19. The van der Waals surface area contributed by atoms with Crippen LogP contribution in [0.1, 0.15) is 12.0 Å². The molecule has 0 fully saturated rings. The van der Waals surface area contributed by atoms with Gasteiger partial charge in [-0.15, -0.1) is 11.8 Å². The van der Waals surface area contributed by atoms with Gasteiger partial charge >= 0.3 is 0 Å². The van der Waals surface area contributed by atoms with Crippen molar-refractivity contribution in [1.29, 1.82) is 0 Å². The second-order valence-electron chi connectivity index (χ2n) is 5.34. The number of benzene rings is 2. The minimum atomic E-state index is -0.722. The summed E-state index contributed by atoms with van der Waals surface area (Å²) >= 11 is 2.66. The number of carbonyl (C=O) groups excluding carboxylic acids is 1. The predicted molar refractivity (Wildman–Crippen MR) is 97.8 cm³/mol. The quantitative estimate of drug-likeness (QED) is 0.489. The molecule has 2 aromatic carbocycles. The molecule has 0 atom stereocenters. The Bertz CT molecular complexity index is 897. The first-order chi connectivity index (χ1) is 12.0. The van der Waals surface area contributed by atoms with Gasteiger partial charge in [-0.05, 0) is 25.1 Å². The van der Waals surface area contributed by atoms with Crippen molar-refractivity contribution in [2.24, 2.45) is 0 Å². The molecule has 8 heteroatoms. The number of anilines is 1. The number of rotatable bonds is 6. The van der Waals surface area contributed by atoms with E-state index in [1.807, 2.05) is 31.2 Å². The van der Waals surface area contributed by atoms with Gasteiger partial charge in [-0.2, -0.15) is 0 Å². The summed E-state index contributed by atoms with van der Waals surface area (Å²) in [4.78, 5) is 17.0. The van der Waals surface area contributed by atoms with E-state index in [2.05, 4.69) is 15.8 Å². The molecule has 0 aliphatic rings. The molecule has 2 N–H and O–H groups in total. The summed E-state index contributed by atoms with van der Waals surface area (Å²) in [6.07, 6.45) is 0.319. The maximum absolute atomic E-state index is 13.6. The van der Waals surface area contributed by atoms with Crippen LogP contribution in [0.5, 0.6) is 0 Å². The van der Waals surface area contributed by atoms with Gasteiger partial charge in [-0.25, -0.2) is 13.8 Å². The predicted octanol–water partition coefficient (Wildman–Crippen LogP) is 4.51. The summed E-state index contributed by atoms with van der Waals surface area (Å²) in [5.74, 6) is -0.945. The zero-order valence-corrected chi connectivity index (χ0v) is 14.9. The van der Waals surface area contributed by atoms with E-state index in [0.29, 0.717) is 22.0 Å². The fourth-order valence-corrected chi connectivity index (χ4v) is 3.80. The largest absolute Gasteiger partial charge is 0.273 e. The number of carbonyl (C=O) groups is 1. The van der Waals surface area contributed by atoms with E-state index in [-0.39, 0.29) is 11.4 Å². The Morgan fingerprint density at radius 1 is 1.24 bits per heavy atom. The van der Waals surface area contributed by atoms with Crippen LogP contribution < -0.4 is 10.9 Å². The van der Waals surface area contributed by atoms with Crippen molar-refractivity contribution >= 4 is 44.4 Å². The normalized spacial score (nSPS) is 10.8.